The Kier molecular flexibility index (Phi) is 7.47. The van der Waals surface area contributed by atoms with Gasteiger partial charge in [0.15, 0.2) is 4.80 Å². The van der Waals surface area contributed by atoms with Crippen molar-refractivity contribution in [2.24, 2.45) is 4.99 Å². The van der Waals surface area contributed by atoms with Gasteiger partial charge in [-0.2, -0.15) is 0 Å². The number of nitrogens with zero attached hydrogens (tertiary/aromatic N) is 3. The Morgan fingerprint density at radius 2 is 1.83 bits per heavy atom. The second-order valence-corrected chi connectivity index (χ2v) is 12.2. The number of hydrogen-bond acceptors (Lipinski definition) is 5. The highest BCUT2D eigenvalue weighted by Gasteiger charge is 2.34. The molecule has 1 aliphatic heterocycles. The van der Waals surface area contributed by atoms with Gasteiger partial charge in [0.2, 0.25) is 0 Å². The van der Waals surface area contributed by atoms with Gasteiger partial charge in [-0.25, -0.2) is 9.79 Å². The summed E-state index contributed by atoms with van der Waals surface area (Å²) in [6, 6.07) is 23.2. The van der Waals surface area contributed by atoms with Crippen LogP contribution in [0.5, 0.6) is 0 Å². The molecule has 2 aromatic heterocycles. The van der Waals surface area contributed by atoms with E-state index in [4.69, 9.17) is 21.3 Å². The van der Waals surface area contributed by atoms with Crippen LogP contribution in [-0.4, -0.2) is 21.2 Å². The Labute approximate surface area is 252 Å². The lowest BCUT2D eigenvalue weighted by Gasteiger charge is -2.26. The summed E-state index contributed by atoms with van der Waals surface area (Å²) in [7, 11) is 0. The van der Waals surface area contributed by atoms with E-state index in [9.17, 15) is 9.59 Å². The zero-order valence-corrected chi connectivity index (χ0v) is 25.4. The summed E-state index contributed by atoms with van der Waals surface area (Å²) in [4.78, 5) is 32.7. The van der Waals surface area contributed by atoms with Crippen LogP contribution >= 0.6 is 22.9 Å². The zero-order valence-electron chi connectivity index (χ0n) is 23.8. The fourth-order valence-corrected chi connectivity index (χ4v) is 6.80. The maximum Gasteiger partial charge on any atom is 0.338 e. The van der Waals surface area contributed by atoms with Crippen molar-refractivity contribution >= 4 is 45.9 Å². The maximum atomic E-state index is 14.1. The van der Waals surface area contributed by atoms with Crippen LogP contribution < -0.4 is 14.9 Å². The first-order valence-electron chi connectivity index (χ1n) is 13.8. The maximum absolute atomic E-state index is 14.1. The summed E-state index contributed by atoms with van der Waals surface area (Å²) >= 11 is 7.96. The van der Waals surface area contributed by atoms with Gasteiger partial charge in [-0.15, -0.1) is 0 Å². The van der Waals surface area contributed by atoms with E-state index >= 15 is 0 Å². The van der Waals surface area contributed by atoms with Crippen molar-refractivity contribution in [3.05, 3.63) is 137 Å². The molecule has 0 N–H and O–H groups in total. The standard InChI is InChI=1S/C34H30ClN3O3S/c1-20(2)41-33(40)30-22(4)36-34-38(31(30)26-13-5-7-14-27(26)35)32(39)29(42-34)17-24-19-37(28-15-8-6-12-25(24)28)18-23-11-9-10-21(3)16-23/h5-17,19-20,31H,18H2,1-4H3. The highest BCUT2D eigenvalue weighted by atomic mass is 35.5. The van der Waals surface area contributed by atoms with Crippen LogP contribution in [0.2, 0.25) is 5.02 Å². The van der Waals surface area contributed by atoms with Gasteiger partial charge in [0.05, 0.1) is 21.9 Å². The van der Waals surface area contributed by atoms with Crippen LogP contribution in [0.4, 0.5) is 0 Å². The van der Waals surface area contributed by atoms with Gasteiger partial charge in [-0.1, -0.05) is 89.2 Å². The van der Waals surface area contributed by atoms with E-state index in [1.54, 1.807) is 31.4 Å². The number of para-hydroxylation sites is 1. The van der Waals surface area contributed by atoms with E-state index in [0.29, 0.717) is 37.7 Å². The number of aryl methyl sites for hydroxylation is 1. The van der Waals surface area contributed by atoms with E-state index in [2.05, 4.69) is 54.1 Å². The first-order valence-corrected chi connectivity index (χ1v) is 15.0. The Bertz CT molecular complexity index is 2070. The molecular weight excluding hydrogens is 566 g/mol. The first kappa shape index (κ1) is 27.9. The Balaban J connectivity index is 1.52. The SMILES string of the molecule is CC1=C(C(=O)OC(C)C)C(c2ccccc2Cl)n2c(sc(=Cc3cn(Cc4cccc(C)c4)c4ccccc34)c2=O)=N1. The molecule has 0 fully saturated rings. The molecule has 1 unspecified atom stereocenters. The average molecular weight is 596 g/mol. The van der Waals surface area contributed by atoms with Crippen molar-refractivity contribution in [2.75, 3.05) is 0 Å². The number of rotatable bonds is 6. The number of fused-ring (bicyclic) bond motifs is 2. The number of ether oxygens (including phenoxy) is 1. The molecule has 42 heavy (non-hydrogen) atoms. The lowest BCUT2D eigenvalue weighted by atomic mass is 9.96. The molecule has 8 heteroatoms. The Morgan fingerprint density at radius 3 is 2.60 bits per heavy atom. The van der Waals surface area contributed by atoms with Crippen LogP contribution in [-0.2, 0) is 16.1 Å². The lowest BCUT2D eigenvalue weighted by Crippen LogP contribution is -2.40. The molecule has 5 aromatic rings. The molecule has 6 rings (SSSR count). The molecule has 0 spiro atoms. The Morgan fingerprint density at radius 1 is 1.07 bits per heavy atom. The molecule has 212 valence electrons. The molecular formula is C34H30ClN3O3S. The fraction of sp³-hybridized carbons (Fsp3) is 0.206. The van der Waals surface area contributed by atoms with Gasteiger partial charge in [0.25, 0.3) is 5.56 Å². The number of esters is 1. The van der Waals surface area contributed by atoms with Gasteiger partial charge in [0.1, 0.15) is 6.04 Å². The predicted octanol–water partition coefficient (Wildman–Crippen LogP) is 6.15. The molecule has 0 amide bonds. The van der Waals surface area contributed by atoms with Crippen LogP contribution in [0.15, 0.2) is 100 Å². The quantitative estimate of drug-likeness (QED) is 0.221. The number of halogens is 1. The molecule has 1 aliphatic rings. The first-order chi connectivity index (χ1) is 20.2. The number of benzene rings is 3. The van der Waals surface area contributed by atoms with Gasteiger partial charge in [-0.05, 0) is 57.0 Å². The van der Waals surface area contributed by atoms with E-state index in [0.717, 1.165) is 16.5 Å². The molecule has 3 aromatic carbocycles. The third-order valence-electron chi connectivity index (χ3n) is 7.33. The van der Waals surface area contributed by atoms with Crippen molar-refractivity contribution in [1.29, 1.82) is 0 Å². The number of hydrogen-bond donors (Lipinski definition) is 0. The minimum Gasteiger partial charge on any atom is -0.459 e. The molecule has 0 saturated heterocycles. The van der Waals surface area contributed by atoms with E-state index in [1.807, 2.05) is 36.4 Å². The highest BCUT2D eigenvalue weighted by molar-refractivity contribution is 7.07. The minimum absolute atomic E-state index is 0.235. The number of thiazole rings is 1. The summed E-state index contributed by atoms with van der Waals surface area (Å²) in [5.41, 5.74) is 5.67. The van der Waals surface area contributed by atoms with Crippen molar-refractivity contribution in [1.82, 2.24) is 9.13 Å². The molecule has 6 nitrogen and oxygen atoms in total. The number of aromatic nitrogens is 2. The normalized spacial score (nSPS) is 15.3. The van der Waals surface area contributed by atoms with Gasteiger partial charge < -0.3 is 9.30 Å². The number of allylic oxidation sites excluding steroid dienone is 1. The van der Waals surface area contributed by atoms with Crippen LogP contribution in [0, 0.1) is 6.92 Å². The summed E-state index contributed by atoms with van der Waals surface area (Å²) in [5.74, 6) is -0.510. The summed E-state index contributed by atoms with van der Waals surface area (Å²) in [6.45, 7) is 8.17. The topological polar surface area (TPSA) is 65.6 Å². The van der Waals surface area contributed by atoms with Crippen LogP contribution in [0.1, 0.15) is 49.1 Å². The smallest absolute Gasteiger partial charge is 0.338 e. The fourth-order valence-electron chi connectivity index (χ4n) is 5.52. The molecule has 0 aliphatic carbocycles. The van der Waals surface area contributed by atoms with Crippen molar-refractivity contribution < 1.29 is 9.53 Å². The molecule has 0 radical (unpaired) electrons. The second kappa shape index (κ2) is 11.2. The van der Waals surface area contributed by atoms with E-state index in [1.165, 1.54) is 22.5 Å². The summed E-state index contributed by atoms with van der Waals surface area (Å²) in [6.07, 6.45) is 3.69. The van der Waals surface area contributed by atoms with Crippen molar-refractivity contribution in [3.63, 3.8) is 0 Å². The molecule has 0 saturated carbocycles. The van der Waals surface area contributed by atoms with Gasteiger partial charge in [0, 0.05) is 34.2 Å². The Hall–Kier alpha value is -4.20. The van der Waals surface area contributed by atoms with E-state index < -0.39 is 12.0 Å². The number of carbonyl (C=O) groups excluding carboxylic acids is 1. The second-order valence-electron chi connectivity index (χ2n) is 10.8. The van der Waals surface area contributed by atoms with Crippen molar-refractivity contribution in [3.8, 4) is 0 Å². The third kappa shape index (κ3) is 5.14. The van der Waals surface area contributed by atoms with Crippen molar-refractivity contribution in [2.45, 2.75) is 46.4 Å². The van der Waals surface area contributed by atoms with Crippen LogP contribution in [0.25, 0.3) is 17.0 Å². The largest absolute Gasteiger partial charge is 0.459 e. The monoisotopic (exact) mass is 595 g/mol. The van der Waals surface area contributed by atoms with Gasteiger partial charge >= 0.3 is 5.97 Å². The van der Waals surface area contributed by atoms with E-state index in [-0.39, 0.29) is 11.7 Å². The van der Waals surface area contributed by atoms with Gasteiger partial charge in [-0.3, -0.25) is 9.36 Å². The minimum atomic E-state index is -0.758. The zero-order chi connectivity index (χ0) is 29.5. The lowest BCUT2D eigenvalue weighted by molar-refractivity contribution is -0.143. The van der Waals surface area contributed by atoms with Crippen LogP contribution in [0.3, 0.4) is 0 Å². The summed E-state index contributed by atoms with van der Waals surface area (Å²) < 4.78 is 9.91. The summed E-state index contributed by atoms with van der Waals surface area (Å²) in [5, 5.41) is 1.51. The third-order valence-corrected chi connectivity index (χ3v) is 8.65. The predicted molar refractivity (Wildman–Crippen MR) is 169 cm³/mol. The molecule has 1 atom stereocenters. The molecule has 0 bridgehead atoms. The molecule has 3 heterocycles. The number of carbonyl (C=O) groups is 1. The highest BCUT2D eigenvalue weighted by Crippen LogP contribution is 2.34. The average Bonchev–Trinajstić information content (AvgIpc) is 3.44.